The van der Waals surface area contributed by atoms with E-state index in [4.69, 9.17) is 0 Å². The van der Waals surface area contributed by atoms with Gasteiger partial charge in [-0.3, -0.25) is 0 Å². The van der Waals surface area contributed by atoms with E-state index in [0.29, 0.717) is 11.8 Å². The molecule has 0 aliphatic heterocycles. The predicted octanol–water partition coefficient (Wildman–Crippen LogP) is 3.49. The number of rotatable bonds is 2. The van der Waals surface area contributed by atoms with E-state index in [1.165, 1.54) is 11.3 Å². The van der Waals surface area contributed by atoms with E-state index < -0.39 is 5.60 Å². The number of hydrogen-bond acceptors (Lipinski definition) is 3. The normalized spacial score (nSPS) is 33.9. The highest BCUT2D eigenvalue weighted by molar-refractivity contribution is 7.11. The molecule has 1 aromatic rings. The second kappa shape index (κ2) is 4.69. The van der Waals surface area contributed by atoms with Crippen molar-refractivity contribution in [2.75, 3.05) is 0 Å². The molecule has 17 heavy (non-hydrogen) atoms. The molecule has 0 radical (unpaired) electrons. The van der Waals surface area contributed by atoms with Crippen LogP contribution in [0.4, 0.5) is 0 Å². The number of aryl methyl sites for hydroxylation is 2. The highest BCUT2D eigenvalue weighted by Crippen LogP contribution is 2.39. The van der Waals surface area contributed by atoms with E-state index in [1.807, 2.05) is 6.92 Å². The Hall–Kier alpha value is -0.410. The smallest absolute Gasteiger partial charge is 0.0959 e. The molecule has 0 aromatic carbocycles. The van der Waals surface area contributed by atoms with Crippen molar-refractivity contribution in [1.82, 2.24) is 4.98 Å². The van der Waals surface area contributed by atoms with Crippen molar-refractivity contribution in [3.63, 3.8) is 0 Å². The van der Waals surface area contributed by atoms with E-state index >= 15 is 0 Å². The zero-order valence-electron chi connectivity index (χ0n) is 11.3. The summed E-state index contributed by atoms with van der Waals surface area (Å²) in [5.41, 5.74) is 0.583. The van der Waals surface area contributed by atoms with Crippen molar-refractivity contribution < 1.29 is 5.11 Å². The number of aliphatic hydroxyl groups is 1. The molecule has 0 amide bonds. The van der Waals surface area contributed by atoms with Gasteiger partial charge in [0.05, 0.1) is 16.3 Å². The van der Waals surface area contributed by atoms with Crippen LogP contribution >= 0.6 is 11.3 Å². The zero-order chi connectivity index (χ0) is 12.6. The van der Waals surface area contributed by atoms with Gasteiger partial charge < -0.3 is 5.11 Å². The summed E-state index contributed by atoms with van der Waals surface area (Å²) in [7, 11) is 0. The molecule has 2 nitrogen and oxygen atoms in total. The fraction of sp³-hybridized carbons (Fsp3) is 0.786. The van der Waals surface area contributed by atoms with E-state index in [9.17, 15) is 5.11 Å². The first-order chi connectivity index (χ1) is 7.90. The Bertz CT molecular complexity index is 381. The average molecular weight is 253 g/mol. The van der Waals surface area contributed by atoms with Crippen molar-refractivity contribution >= 4 is 11.3 Å². The van der Waals surface area contributed by atoms with Crippen LogP contribution in [0, 0.1) is 25.7 Å². The van der Waals surface area contributed by atoms with Gasteiger partial charge in [0, 0.05) is 11.3 Å². The first-order valence-electron chi connectivity index (χ1n) is 6.56. The van der Waals surface area contributed by atoms with E-state index in [1.54, 1.807) is 11.3 Å². The van der Waals surface area contributed by atoms with E-state index in [0.717, 1.165) is 30.0 Å². The SMILES string of the molecule is Cc1nc(CC2(O)CC(C)CCC2C)sc1C. The van der Waals surface area contributed by atoms with E-state index in [2.05, 4.69) is 25.8 Å². The van der Waals surface area contributed by atoms with Crippen LogP contribution in [-0.2, 0) is 6.42 Å². The monoisotopic (exact) mass is 253 g/mol. The summed E-state index contributed by atoms with van der Waals surface area (Å²) in [5, 5.41) is 11.9. The van der Waals surface area contributed by atoms with Crippen molar-refractivity contribution in [3.8, 4) is 0 Å². The fourth-order valence-corrected chi connectivity index (χ4v) is 3.88. The standard InChI is InChI=1S/C14H23NOS/c1-9-5-6-10(2)14(16,7-9)8-13-15-11(3)12(4)17-13/h9-10,16H,5-8H2,1-4H3. The van der Waals surface area contributed by atoms with Crippen LogP contribution in [0.1, 0.15) is 48.7 Å². The number of aromatic nitrogens is 1. The summed E-state index contributed by atoms with van der Waals surface area (Å²) >= 11 is 1.74. The average Bonchev–Trinajstić information content (AvgIpc) is 2.52. The summed E-state index contributed by atoms with van der Waals surface area (Å²) < 4.78 is 0. The second-order valence-electron chi connectivity index (χ2n) is 5.82. The molecule has 0 saturated heterocycles. The summed E-state index contributed by atoms with van der Waals surface area (Å²) in [4.78, 5) is 5.85. The second-order valence-corrected chi connectivity index (χ2v) is 7.10. The van der Waals surface area contributed by atoms with Crippen molar-refractivity contribution in [1.29, 1.82) is 0 Å². The van der Waals surface area contributed by atoms with Gasteiger partial charge >= 0.3 is 0 Å². The first-order valence-corrected chi connectivity index (χ1v) is 7.37. The van der Waals surface area contributed by atoms with Crippen LogP contribution < -0.4 is 0 Å². The molecular formula is C14H23NOS. The van der Waals surface area contributed by atoms with Gasteiger partial charge in [0.2, 0.25) is 0 Å². The van der Waals surface area contributed by atoms with Crippen molar-refractivity contribution in [3.05, 3.63) is 15.6 Å². The molecule has 1 heterocycles. The number of nitrogens with zero attached hydrogens (tertiary/aromatic N) is 1. The van der Waals surface area contributed by atoms with Crippen LogP contribution in [0.2, 0.25) is 0 Å². The molecule has 3 heteroatoms. The highest BCUT2D eigenvalue weighted by atomic mass is 32.1. The number of hydrogen-bond donors (Lipinski definition) is 1. The van der Waals surface area contributed by atoms with Crippen LogP contribution in [0.3, 0.4) is 0 Å². The van der Waals surface area contributed by atoms with Gasteiger partial charge in [0.1, 0.15) is 0 Å². The Balaban J connectivity index is 2.15. The Morgan fingerprint density at radius 1 is 1.35 bits per heavy atom. The minimum atomic E-state index is -0.533. The van der Waals surface area contributed by atoms with Gasteiger partial charge in [-0.15, -0.1) is 11.3 Å². The quantitative estimate of drug-likeness (QED) is 0.875. The molecule has 1 fully saturated rings. The maximum atomic E-state index is 10.8. The summed E-state index contributed by atoms with van der Waals surface area (Å²) in [6, 6.07) is 0. The Labute approximate surface area is 108 Å². The number of thiazole rings is 1. The molecule has 1 aliphatic carbocycles. The minimum Gasteiger partial charge on any atom is -0.389 e. The molecule has 1 N–H and O–H groups in total. The van der Waals surface area contributed by atoms with Crippen LogP contribution in [0.15, 0.2) is 0 Å². The molecule has 96 valence electrons. The van der Waals surface area contributed by atoms with Crippen LogP contribution in [0.5, 0.6) is 0 Å². The molecule has 2 rings (SSSR count). The lowest BCUT2D eigenvalue weighted by molar-refractivity contribution is -0.0560. The fourth-order valence-electron chi connectivity index (χ4n) is 2.83. The lowest BCUT2D eigenvalue weighted by atomic mass is 9.70. The first kappa shape index (κ1) is 13.0. The lowest BCUT2D eigenvalue weighted by Gasteiger charge is -2.40. The predicted molar refractivity (Wildman–Crippen MR) is 72.4 cm³/mol. The van der Waals surface area contributed by atoms with E-state index in [-0.39, 0.29) is 0 Å². The van der Waals surface area contributed by atoms with Gasteiger partial charge in [-0.1, -0.05) is 20.3 Å². The topological polar surface area (TPSA) is 33.1 Å². The minimum absolute atomic E-state index is 0.392. The molecule has 3 unspecified atom stereocenters. The molecule has 3 atom stereocenters. The van der Waals surface area contributed by atoms with Crippen LogP contribution in [-0.4, -0.2) is 15.7 Å². The largest absolute Gasteiger partial charge is 0.389 e. The molecule has 0 bridgehead atoms. The molecule has 1 saturated carbocycles. The van der Waals surface area contributed by atoms with Gasteiger partial charge in [-0.25, -0.2) is 4.98 Å². The Kier molecular flexibility index (Phi) is 3.60. The summed E-state index contributed by atoms with van der Waals surface area (Å²) in [6.45, 7) is 8.58. The van der Waals surface area contributed by atoms with Crippen molar-refractivity contribution in [2.45, 2.75) is 59.0 Å². The Morgan fingerprint density at radius 2 is 2.06 bits per heavy atom. The zero-order valence-corrected chi connectivity index (χ0v) is 12.1. The van der Waals surface area contributed by atoms with Gasteiger partial charge in [-0.05, 0) is 38.5 Å². The highest BCUT2D eigenvalue weighted by Gasteiger charge is 2.39. The van der Waals surface area contributed by atoms with Gasteiger partial charge in [0.25, 0.3) is 0 Å². The van der Waals surface area contributed by atoms with Crippen molar-refractivity contribution in [2.24, 2.45) is 11.8 Å². The Morgan fingerprint density at radius 3 is 2.65 bits per heavy atom. The maximum absolute atomic E-state index is 10.8. The molecule has 1 aliphatic rings. The third-order valence-corrected chi connectivity index (χ3v) is 5.31. The maximum Gasteiger partial charge on any atom is 0.0959 e. The molecule has 0 spiro atoms. The summed E-state index contributed by atoms with van der Waals surface area (Å²) in [5.74, 6) is 1.03. The molecule has 1 aromatic heterocycles. The van der Waals surface area contributed by atoms with Crippen LogP contribution in [0.25, 0.3) is 0 Å². The third-order valence-electron chi connectivity index (χ3n) is 4.24. The molecular weight excluding hydrogens is 230 g/mol. The lowest BCUT2D eigenvalue weighted by Crippen LogP contribution is -2.43. The third kappa shape index (κ3) is 2.71. The summed E-state index contributed by atoms with van der Waals surface area (Å²) in [6.07, 6.45) is 4.05. The van der Waals surface area contributed by atoms with Gasteiger partial charge in [-0.2, -0.15) is 0 Å². The van der Waals surface area contributed by atoms with Gasteiger partial charge in [0.15, 0.2) is 0 Å².